The third-order valence-electron chi connectivity index (χ3n) is 3.68. The summed E-state index contributed by atoms with van der Waals surface area (Å²) in [5.41, 5.74) is 0.649. The van der Waals surface area contributed by atoms with Crippen LogP contribution >= 0.6 is 15.9 Å². The van der Waals surface area contributed by atoms with Crippen molar-refractivity contribution < 1.29 is 28.1 Å². The van der Waals surface area contributed by atoms with Crippen molar-refractivity contribution in [3.63, 3.8) is 0 Å². The van der Waals surface area contributed by atoms with Gasteiger partial charge in [0.15, 0.2) is 23.1 Å². The lowest BCUT2D eigenvalue weighted by molar-refractivity contribution is 0.102. The normalized spacial score (nSPS) is 10.5. The monoisotopic (exact) mass is 455 g/mol. The van der Waals surface area contributed by atoms with Gasteiger partial charge in [0, 0.05) is 24.4 Å². The summed E-state index contributed by atoms with van der Waals surface area (Å²) in [5.74, 6) is 0.0758. The molecule has 0 saturated carbocycles. The number of ether oxygens (including phenoxy) is 4. The molecule has 28 heavy (non-hydrogen) atoms. The number of rotatable bonds is 10. The van der Waals surface area contributed by atoms with Gasteiger partial charge in [0.05, 0.1) is 24.8 Å². The van der Waals surface area contributed by atoms with E-state index in [1.807, 2.05) is 6.92 Å². The smallest absolute Gasteiger partial charge is 0.255 e. The van der Waals surface area contributed by atoms with Gasteiger partial charge in [0.2, 0.25) is 0 Å². The average molecular weight is 456 g/mol. The molecule has 8 heteroatoms. The van der Waals surface area contributed by atoms with Crippen molar-refractivity contribution in [2.45, 2.75) is 13.3 Å². The Morgan fingerprint density at radius 1 is 1.07 bits per heavy atom. The van der Waals surface area contributed by atoms with E-state index < -0.39 is 11.7 Å². The van der Waals surface area contributed by atoms with Crippen molar-refractivity contribution in [2.75, 3.05) is 39.4 Å². The quantitative estimate of drug-likeness (QED) is 0.527. The summed E-state index contributed by atoms with van der Waals surface area (Å²) in [6, 6.07) is 7.42. The van der Waals surface area contributed by atoms with Gasteiger partial charge in [-0.25, -0.2) is 4.39 Å². The Bertz CT molecular complexity index is 815. The van der Waals surface area contributed by atoms with Crippen molar-refractivity contribution in [1.82, 2.24) is 0 Å². The minimum Gasteiger partial charge on any atom is -0.493 e. The first-order valence-electron chi connectivity index (χ1n) is 8.73. The molecule has 0 aromatic heterocycles. The van der Waals surface area contributed by atoms with Gasteiger partial charge in [-0.15, -0.1) is 0 Å². The van der Waals surface area contributed by atoms with E-state index in [1.165, 1.54) is 26.4 Å². The Kier molecular flexibility index (Phi) is 8.53. The summed E-state index contributed by atoms with van der Waals surface area (Å²) >= 11 is 3.40. The van der Waals surface area contributed by atoms with Crippen LogP contribution < -0.4 is 19.5 Å². The van der Waals surface area contributed by atoms with Crippen LogP contribution in [0.5, 0.6) is 17.2 Å². The van der Waals surface area contributed by atoms with Gasteiger partial charge in [-0.2, -0.15) is 0 Å². The molecule has 0 aliphatic heterocycles. The lowest BCUT2D eigenvalue weighted by Gasteiger charge is -2.14. The molecule has 0 unspecified atom stereocenters. The molecular formula is C20H23BrFNO5. The second kappa shape index (κ2) is 10.9. The van der Waals surface area contributed by atoms with Crippen molar-refractivity contribution in [2.24, 2.45) is 0 Å². The van der Waals surface area contributed by atoms with Crippen molar-refractivity contribution in [3.8, 4) is 17.2 Å². The molecule has 6 nitrogen and oxygen atoms in total. The van der Waals surface area contributed by atoms with Crippen LogP contribution in [0, 0.1) is 5.82 Å². The third kappa shape index (κ3) is 5.84. The highest BCUT2D eigenvalue weighted by atomic mass is 79.9. The minimum absolute atomic E-state index is 0.0943. The van der Waals surface area contributed by atoms with E-state index in [9.17, 15) is 9.18 Å². The molecule has 0 aliphatic rings. The number of anilines is 1. The summed E-state index contributed by atoms with van der Waals surface area (Å²) < 4.78 is 35.8. The Morgan fingerprint density at radius 2 is 1.86 bits per heavy atom. The van der Waals surface area contributed by atoms with Gasteiger partial charge in [0.25, 0.3) is 5.91 Å². The van der Waals surface area contributed by atoms with E-state index in [-0.39, 0.29) is 12.4 Å². The van der Waals surface area contributed by atoms with E-state index in [0.29, 0.717) is 40.4 Å². The van der Waals surface area contributed by atoms with E-state index >= 15 is 0 Å². The van der Waals surface area contributed by atoms with Crippen LogP contribution in [-0.4, -0.2) is 39.9 Å². The lowest BCUT2D eigenvalue weighted by atomic mass is 10.1. The zero-order valence-corrected chi connectivity index (χ0v) is 17.6. The van der Waals surface area contributed by atoms with E-state index in [0.717, 1.165) is 6.42 Å². The SMILES string of the molecule is CCCOc1c(Br)cc(C(=O)Nc2ccc(OCCOC)c(F)c2)cc1OC. The molecule has 0 fully saturated rings. The Morgan fingerprint density at radius 3 is 2.50 bits per heavy atom. The number of hydrogen-bond acceptors (Lipinski definition) is 5. The van der Waals surface area contributed by atoms with Crippen LogP contribution in [0.25, 0.3) is 0 Å². The maximum absolute atomic E-state index is 14.1. The molecule has 0 saturated heterocycles. The Hall–Kier alpha value is -2.32. The van der Waals surface area contributed by atoms with Gasteiger partial charge < -0.3 is 24.3 Å². The molecule has 0 atom stereocenters. The maximum atomic E-state index is 14.1. The van der Waals surface area contributed by atoms with Gasteiger partial charge in [-0.3, -0.25) is 4.79 Å². The topological polar surface area (TPSA) is 66.0 Å². The highest BCUT2D eigenvalue weighted by Crippen LogP contribution is 2.37. The maximum Gasteiger partial charge on any atom is 0.255 e. The lowest BCUT2D eigenvalue weighted by Crippen LogP contribution is -2.13. The Balaban J connectivity index is 2.14. The molecule has 1 amide bonds. The van der Waals surface area contributed by atoms with E-state index in [2.05, 4.69) is 21.2 Å². The summed E-state index contributed by atoms with van der Waals surface area (Å²) in [7, 11) is 3.04. The van der Waals surface area contributed by atoms with Crippen molar-refractivity contribution >= 4 is 27.5 Å². The molecule has 2 aromatic rings. The Labute approximate surface area is 172 Å². The first kappa shape index (κ1) is 22.0. The predicted octanol–water partition coefficient (Wildman–Crippen LogP) is 4.66. The predicted molar refractivity (Wildman–Crippen MR) is 108 cm³/mol. The third-order valence-corrected chi connectivity index (χ3v) is 4.27. The van der Waals surface area contributed by atoms with Crippen LogP contribution in [0.2, 0.25) is 0 Å². The standard InChI is InChI=1S/C20H23BrFNO5/c1-4-7-28-19-15(21)10-13(11-18(19)26-3)20(24)23-14-5-6-17(16(22)12-14)27-9-8-25-2/h5-6,10-12H,4,7-9H2,1-3H3,(H,23,24). The number of hydrogen-bond donors (Lipinski definition) is 1. The van der Waals surface area contributed by atoms with Gasteiger partial charge in [-0.05, 0) is 46.6 Å². The summed E-state index contributed by atoms with van der Waals surface area (Å²) in [4.78, 5) is 12.6. The van der Waals surface area contributed by atoms with E-state index in [1.54, 1.807) is 18.2 Å². The summed E-state index contributed by atoms with van der Waals surface area (Å²) in [6.45, 7) is 3.11. The number of nitrogens with one attached hydrogen (secondary N) is 1. The minimum atomic E-state index is -0.573. The second-order valence-electron chi connectivity index (χ2n) is 5.78. The molecule has 2 aromatic carbocycles. The molecule has 0 heterocycles. The fourth-order valence-electron chi connectivity index (χ4n) is 2.33. The molecule has 0 spiro atoms. The molecule has 2 rings (SSSR count). The molecule has 152 valence electrons. The highest BCUT2D eigenvalue weighted by Gasteiger charge is 2.16. The second-order valence-corrected chi connectivity index (χ2v) is 6.63. The van der Waals surface area contributed by atoms with Crippen LogP contribution in [0.15, 0.2) is 34.8 Å². The number of benzene rings is 2. The van der Waals surface area contributed by atoms with Crippen LogP contribution in [0.3, 0.4) is 0 Å². The molecule has 1 N–H and O–H groups in total. The zero-order valence-electron chi connectivity index (χ0n) is 16.0. The summed E-state index contributed by atoms with van der Waals surface area (Å²) in [6.07, 6.45) is 0.842. The van der Waals surface area contributed by atoms with Gasteiger partial charge in [0.1, 0.15) is 6.61 Å². The van der Waals surface area contributed by atoms with Crippen LogP contribution in [0.4, 0.5) is 10.1 Å². The first-order valence-corrected chi connectivity index (χ1v) is 9.52. The number of carbonyl (C=O) groups is 1. The zero-order chi connectivity index (χ0) is 20.5. The largest absolute Gasteiger partial charge is 0.493 e. The number of carbonyl (C=O) groups excluding carboxylic acids is 1. The van der Waals surface area contributed by atoms with Crippen LogP contribution in [-0.2, 0) is 4.74 Å². The van der Waals surface area contributed by atoms with Crippen molar-refractivity contribution in [1.29, 1.82) is 0 Å². The number of amides is 1. The van der Waals surface area contributed by atoms with Gasteiger partial charge >= 0.3 is 0 Å². The fraction of sp³-hybridized carbons (Fsp3) is 0.350. The highest BCUT2D eigenvalue weighted by molar-refractivity contribution is 9.10. The van der Waals surface area contributed by atoms with E-state index in [4.69, 9.17) is 18.9 Å². The molecule has 0 radical (unpaired) electrons. The summed E-state index contributed by atoms with van der Waals surface area (Å²) in [5, 5.41) is 2.66. The average Bonchev–Trinajstić information content (AvgIpc) is 2.68. The first-order chi connectivity index (χ1) is 13.5. The van der Waals surface area contributed by atoms with Gasteiger partial charge in [-0.1, -0.05) is 6.92 Å². The van der Waals surface area contributed by atoms with Crippen molar-refractivity contribution in [3.05, 3.63) is 46.2 Å². The molecule has 0 aliphatic carbocycles. The molecular weight excluding hydrogens is 433 g/mol. The number of halogens is 2. The molecule has 0 bridgehead atoms. The van der Waals surface area contributed by atoms with Crippen LogP contribution in [0.1, 0.15) is 23.7 Å². The fourth-order valence-corrected chi connectivity index (χ4v) is 2.89. The number of methoxy groups -OCH3 is 2.